The van der Waals surface area contributed by atoms with Gasteiger partial charge in [-0.3, -0.25) is 37.3 Å². The Kier molecular flexibility index (Phi) is 19.5. The molecule has 0 radical (unpaired) electrons. The third-order valence-corrected chi connectivity index (χ3v) is 20.4. The largest absolute Gasteiger partial charge is 0.748 e. The molecule has 7 N–H and O–H groups in total. The first-order chi connectivity index (χ1) is 41.3. The Hall–Kier alpha value is -7.14. The van der Waals surface area contributed by atoms with Crippen molar-refractivity contribution >= 4 is 117 Å². The minimum absolute atomic E-state index is 0.0516. The number of unbranched alkanes of at least 4 members (excludes halogenated alkanes) is 2. The zero-order chi connectivity index (χ0) is 65.5. The smallest absolute Gasteiger partial charge is 0.295 e. The van der Waals surface area contributed by atoms with Crippen molar-refractivity contribution in [1.82, 2.24) is 15.6 Å². The summed E-state index contributed by atoms with van der Waals surface area (Å²) in [4.78, 5) is 28.8. The molecule has 0 unspecified atom stereocenters. The molecule has 89 heavy (non-hydrogen) atoms. The molecule has 0 saturated carbocycles. The van der Waals surface area contributed by atoms with Gasteiger partial charge in [0.05, 0.1) is 42.3 Å². The molecule has 0 aliphatic carbocycles. The van der Waals surface area contributed by atoms with E-state index in [1.165, 1.54) is 42.6 Å². The molecule has 2 amide bonds. The van der Waals surface area contributed by atoms with E-state index in [4.69, 9.17) is 0 Å². The highest BCUT2D eigenvalue weighted by Gasteiger charge is 2.47. The number of rotatable bonds is 25. The lowest BCUT2D eigenvalue weighted by Gasteiger charge is -2.27. The van der Waals surface area contributed by atoms with Crippen molar-refractivity contribution in [3.63, 3.8) is 0 Å². The molecular weight excluding hydrogens is 1280 g/mol. The van der Waals surface area contributed by atoms with Crippen LogP contribution in [-0.2, 0) is 82.9 Å². The first-order valence-corrected chi connectivity index (χ1v) is 36.3. The van der Waals surface area contributed by atoms with Gasteiger partial charge in [0, 0.05) is 95.3 Å². The van der Waals surface area contributed by atoms with Crippen LogP contribution in [0.25, 0.3) is 27.1 Å². The van der Waals surface area contributed by atoms with E-state index < -0.39 is 109 Å². The first kappa shape index (κ1) is 67.8. The number of carbonyl (C=O) groups excluding carboxylic acids is 2. The summed E-state index contributed by atoms with van der Waals surface area (Å²) >= 11 is 0. The number of nitrogens with zero attached hydrogens (tertiary/aromatic N) is 3. The predicted octanol–water partition coefficient (Wildman–Crippen LogP) is 6.89. The van der Waals surface area contributed by atoms with Gasteiger partial charge >= 0.3 is 0 Å². The number of benzene rings is 5. The lowest BCUT2D eigenvalue weighted by Crippen LogP contribution is -2.28. The topological polar surface area (TPSA) is 406 Å². The number of hydrogen-bond acceptors (Lipinski definition) is 17. The summed E-state index contributed by atoms with van der Waals surface area (Å²) in [5.74, 6) is -2.15. The Morgan fingerprint density at radius 2 is 1.25 bits per heavy atom. The van der Waals surface area contributed by atoms with Crippen LogP contribution in [0.5, 0.6) is 0 Å². The van der Waals surface area contributed by atoms with Crippen LogP contribution in [0.4, 0.5) is 11.4 Å². The number of aromatic nitrogens is 1. The average Bonchev–Trinajstić information content (AvgIpc) is 1.64. The van der Waals surface area contributed by atoms with Gasteiger partial charge in [0.1, 0.15) is 16.3 Å². The summed E-state index contributed by atoms with van der Waals surface area (Å²) < 4.78 is 214. The van der Waals surface area contributed by atoms with Gasteiger partial charge in [-0.1, -0.05) is 62.7 Å². The third-order valence-electron chi connectivity index (χ3n) is 15.4. The van der Waals surface area contributed by atoms with E-state index >= 15 is 0 Å². The van der Waals surface area contributed by atoms with E-state index in [9.17, 15) is 87.4 Å². The molecule has 0 bridgehead atoms. The Morgan fingerprint density at radius 3 is 1.81 bits per heavy atom. The summed E-state index contributed by atoms with van der Waals surface area (Å²) in [6.07, 6.45) is 9.13. The Morgan fingerprint density at radius 1 is 0.640 bits per heavy atom. The maximum atomic E-state index is 13.5. The van der Waals surface area contributed by atoms with E-state index in [0.29, 0.717) is 55.0 Å². The van der Waals surface area contributed by atoms with E-state index in [2.05, 4.69) is 15.6 Å². The Balaban J connectivity index is 1.25. The van der Waals surface area contributed by atoms with Gasteiger partial charge in [0.15, 0.2) is 5.71 Å². The molecule has 0 spiro atoms. The summed E-state index contributed by atoms with van der Waals surface area (Å²) in [6.45, 7) is 7.00. The van der Waals surface area contributed by atoms with Crippen molar-refractivity contribution in [3.8, 4) is 0 Å². The zero-order valence-electron chi connectivity index (χ0n) is 48.2. The van der Waals surface area contributed by atoms with E-state index in [-0.39, 0.29) is 100.0 Å². The highest BCUT2D eigenvalue weighted by atomic mass is 32.2. The van der Waals surface area contributed by atoms with Gasteiger partial charge in [0.2, 0.25) is 11.6 Å². The molecule has 2 aliphatic heterocycles. The normalized spacial score (nSPS) is 16.0. The van der Waals surface area contributed by atoms with Gasteiger partial charge in [0.25, 0.3) is 56.5 Å². The van der Waals surface area contributed by atoms with Crippen molar-refractivity contribution in [2.45, 2.75) is 103 Å². The number of fused-ring (bicyclic) bond motifs is 6. The second-order valence-electron chi connectivity index (χ2n) is 22.3. The van der Waals surface area contributed by atoms with E-state index in [1.54, 1.807) is 61.5 Å². The van der Waals surface area contributed by atoms with Crippen LogP contribution in [0.15, 0.2) is 147 Å². The van der Waals surface area contributed by atoms with Crippen LogP contribution in [0, 0.1) is 0 Å². The molecule has 6 aromatic rings. The summed E-state index contributed by atoms with van der Waals surface area (Å²) in [6, 6.07) is 21.1. The average molecular weight is 1340 g/mol. The number of anilines is 1. The second kappa shape index (κ2) is 25.6. The number of carbonyl (C=O) groups is 2. The number of nitrogens with one attached hydrogen (secondary N) is 2. The number of amides is 2. The lowest BCUT2D eigenvalue weighted by molar-refractivity contribution is -0.437. The van der Waals surface area contributed by atoms with Crippen LogP contribution in [0.2, 0.25) is 0 Å². The first-order valence-electron chi connectivity index (χ1n) is 27.4. The minimum Gasteiger partial charge on any atom is -0.748 e. The summed E-state index contributed by atoms with van der Waals surface area (Å²) in [7, 11) is -29.9. The van der Waals surface area contributed by atoms with Crippen molar-refractivity contribution in [2.24, 2.45) is 0 Å². The lowest BCUT2D eigenvalue weighted by atomic mass is 9.79. The molecule has 5 aromatic carbocycles. The van der Waals surface area contributed by atoms with Crippen LogP contribution in [-0.4, -0.2) is 136 Å². The number of pyridine rings is 1. The van der Waals surface area contributed by atoms with Crippen molar-refractivity contribution in [1.29, 1.82) is 0 Å². The van der Waals surface area contributed by atoms with E-state index in [0.717, 1.165) is 17.7 Å². The molecular formula is C58H63N5O20S6. The molecule has 8 rings (SSSR count). The fraction of sp³-hybridized carbons (Fsp3) is 0.310. The molecule has 25 nitrogen and oxygen atoms in total. The maximum absolute atomic E-state index is 13.5. The third kappa shape index (κ3) is 15.7. The van der Waals surface area contributed by atoms with Crippen LogP contribution in [0.1, 0.15) is 99.0 Å². The Bertz CT molecular complexity index is 4700. The van der Waals surface area contributed by atoms with Crippen LogP contribution >= 0.6 is 0 Å². The van der Waals surface area contributed by atoms with Gasteiger partial charge in [-0.15, -0.1) is 0 Å². The fourth-order valence-corrected chi connectivity index (χ4v) is 15.0. The molecule has 1 aromatic heterocycles. The van der Waals surface area contributed by atoms with Crippen molar-refractivity contribution in [2.75, 3.05) is 36.0 Å². The summed E-state index contributed by atoms with van der Waals surface area (Å²) in [5.41, 5.74) is 0.608. The van der Waals surface area contributed by atoms with Gasteiger partial charge < -0.3 is 20.1 Å². The van der Waals surface area contributed by atoms with Crippen molar-refractivity contribution < 1.29 is 92.0 Å². The van der Waals surface area contributed by atoms with Crippen LogP contribution in [0.3, 0.4) is 0 Å². The monoisotopic (exact) mass is 1340 g/mol. The van der Waals surface area contributed by atoms with Crippen LogP contribution < -0.4 is 15.5 Å². The molecule has 0 saturated heterocycles. The van der Waals surface area contributed by atoms with Crippen molar-refractivity contribution in [3.05, 3.63) is 155 Å². The van der Waals surface area contributed by atoms with Gasteiger partial charge in [-0.05, 0) is 116 Å². The second-order valence-corrected chi connectivity index (χ2v) is 31.0. The quantitative estimate of drug-likeness (QED) is 0.0133. The molecule has 476 valence electrons. The number of allylic oxidation sites excluding steroid dienone is 6. The Labute approximate surface area is 515 Å². The highest BCUT2D eigenvalue weighted by molar-refractivity contribution is 7.87. The molecule has 31 heteroatoms. The van der Waals surface area contributed by atoms with Gasteiger partial charge in [-0.25, -0.2) is 8.42 Å². The highest BCUT2D eigenvalue weighted by Crippen LogP contribution is 2.52. The molecule has 0 fully saturated rings. The minimum atomic E-state index is -5.17. The molecule has 2 aliphatic rings. The molecule has 3 heterocycles. The number of hydrogen-bond donors (Lipinski definition) is 7. The summed E-state index contributed by atoms with van der Waals surface area (Å²) in [5, 5.41) is 5.31. The molecule has 0 atom stereocenters. The zero-order valence-corrected chi connectivity index (χ0v) is 53.1. The fourth-order valence-electron chi connectivity index (χ4n) is 11.3. The van der Waals surface area contributed by atoms with Gasteiger partial charge in [-0.2, -0.15) is 46.7 Å². The maximum Gasteiger partial charge on any atom is 0.295 e. The standard InChI is InChI=1S/C58H63N5O20S6/c1-57(2)51(62(27-11-29-84(66,67)68)47-22-19-42-44(54(47)57)31-40(86(72,73)74)33-49(42)88(78,79)80)24-17-38(46-21-16-39(36-60-46)56(65)59-26-10-6-9-15-53(64)61-35-37-13-7-5-8-14-37)18-25-52-58(3,4)55-45-32-41(87(75,76)77)34-50(89(81,82)83)43(45)20-23-48(55)63(52)28-12-30-85(69,70)71/h5,7-8,13-14,16-25,31-34,36H,6,9-12,15,26-30,35H2,1-4H3,(H7-,59,61,64,65,66,67,68,69,70,71,72,73,74,75,76,77,78,79,80,81,82,83). The SMILES string of the molecule is CC1(C)C(/C=C/C(=C/C=C2/N(CCCS(=O)(=O)O)c3ccc4c(S(=O)(=O)O)cc(S(=O)(=O)O)cc4c3C2(C)C)c2ccc(C(=O)NCCCCCC(=O)NCc3ccccc3)cn2)=[N+](CCCS(=O)(=O)[O-])c2ccc3c(S(=O)(=O)O)cc(S(=O)(=O)O)cc3c21. The van der Waals surface area contributed by atoms with E-state index in [1.807, 2.05) is 30.3 Å². The predicted molar refractivity (Wildman–Crippen MR) is 329 cm³/mol.